The molecule has 0 aromatic carbocycles. The van der Waals surface area contributed by atoms with Crippen LogP contribution in [0.25, 0.3) is 0 Å². The van der Waals surface area contributed by atoms with Crippen LogP contribution in [0.15, 0.2) is 134 Å². The fourth-order valence-electron chi connectivity index (χ4n) is 13.1. The topological polar surface area (TPSA) is 307 Å². The third-order valence-electron chi connectivity index (χ3n) is 19.7. The molecule has 0 radical (unpaired) electrons. The molecule has 3 fully saturated rings. The van der Waals surface area contributed by atoms with Crippen LogP contribution in [-0.2, 0) is 33.2 Å². The lowest BCUT2D eigenvalue weighted by Gasteiger charge is -2.48. The Morgan fingerprint density at radius 3 is 1.06 bits per heavy atom. The molecule has 0 aromatic heterocycles. The van der Waals surface area contributed by atoms with Gasteiger partial charge in [-0.25, -0.2) is 0 Å². The number of aliphatic hydroxyl groups is 11. The van der Waals surface area contributed by atoms with Crippen LogP contribution in [0.5, 0.6) is 0 Å². The van der Waals surface area contributed by atoms with E-state index >= 15 is 0 Å². The van der Waals surface area contributed by atoms with Crippen molar-refractivity contribution < 1.29 is 89.4 Å². The predicted molar refractivity (Wildman–Crippen MR) is 424 cm³/mol. The number of unbranched alkanes of at least 4 members (excludes halogenated alkanes) is 28. The van der Waals surface area contributed by atoms with Crippen molar-refractivity contribution in [2.45, 2.75) is 381 Å². The van der Waals surface area contributed by atoms with Crippen LogP contribution in [-0.4, -0.2) is 193 Å². The lowest BCUT2D eigenvalue weighted by molar-refractivity contribution is -0.379. The van der Waals surface area contributed by atoms with Gasteiger partial charge in [0.15, 0.2) is 18.9 Å². The highest BCUT2D eigenvalue weighted by atomic mass is 16.8. The number of carbonyl (C=O) groups is 1. The summed E-state index contributed by atoms with van der Waals surface area (Å²) in [5.41, 5.74) is 0. The summed E-state index contributed by atoms with van der Waals surface area (Å²) in [6, 6.07) is -1.00. The van der Waals surface area contributed by atoms with Gasteiger partial charge in [-0.15, -0.1) is 0 Å². The molecule has 608 valence electrons. The molecule has 0 saturated carbocycles. The Balaban J connectivity index is 1.33. The van der Waals surface area contributed by atoms with Crippen molar-refractivity contribution in [3.8, 4) is 0 Å². The van der Waals surface area contributed by atoms with E-state index in [1.54, 1.807) is 6.08 Å². The summed E-state index contributed by atoms with van der Waals surface area (Å²) in [5.74, 6) is -0.292. The zero-order chi connectivity index (χ0) is 76.7. The largest absolute Gasteiger partial charge is 0.394 e. The van der Waals surface area contributed by atoms with Crippen LogP contribution in [0.4, 0.5) is 0 Å². The van der Waals surface area contributed by atoms with Crippen molar-refractivity contribution in [1.29, 1.82) is 0 Å². The standard InChI is InChI=1S/C87H147NO18/c1-3-5-7-9-11-13-15-17-19-21-23-25-26-27-28-29-30-31-32-33-34-35-36-37-38-39-40-41-42-43-44-45-47-49-51-53-55-57-59-61-63-65-75(93)88-70(71(92)64-62-60-58-56-54-52-50-48-46-24-22-20-18-16-14-12-10-8-6-4-2)69-101-85-81(99)78(96)83(73(67-90)103-85)106-87-82(100)79(97)84(74(68-91)104-87)105-86-80(98)77(95)76(94)72(66-89)102-86/h5,7,11,13,17,19,23,25,27-28,30-31,33-34,36-37,46,48,54,56,62,64,70-74,76-87,89-92,94-100H,3-4,6,8-10,12,14-16,18,20-22,24,26,29,32,35,38-45,47,49-53,55,57-61,63,65-69H2,1-2H3,(H,88,93)/b7-5-,13-11-,19-17-,25-23-,28-27-,31-30-,34-33-,37-36-,48-46+,56-54+,64-62+. The smallest absolute Gasteiger partial charge is 0.220 e. The van der Waals surface area contributed by atoms with E-state index < -0.39 is 124 Å². The fraction of sp³-hybridized carbons (Fsp3) is 0.736. The number of ether oxygens (including phenoxy) is 6. The molecule has 3 saturated heterocycles. The van der Waals surface area contributed by atoms with Crippen molar-refractivity contribution in [2.24, 2.45) is 0 Å². The van der Waals surface area contributed by atoms with Crippen LogP contribution >= 0.6 is 0 Å². The van der Waals surface area contributed by atoms with Gasteiger partial charge in [0.2, 0.25) is 5.91 Å². The third kappa shape index (κ3) is 44.7. The SMILES string of the molecule is CC/C=C\C/C=C\C/C=C\C/C=C\C/C=C\C/C=C\C/C=C\C/C=C\CCCCCCCCCCCCCCCCCCC(=O)NC(COC1OC(CO)C(OC2OC(CO)C(OC3OC(CO)C(O)C(O)C3O)C(O)C2O)C(O)C1O)C(O)/C=C/CC/C=C/CC/C=C/CCCCCCCCCCCC. The molecule has 3 aliphatic rings. The summed E-state index contributed by atoms with van der Waals surface area (Å²) >= 11 is 0. The van der Waals surface area contributed by atoms with Crippen molar-refractivity contribution in [3.63, 3.8) is 0 Å². The molecule has 3 rings (SSSR count). The highest BCUT2D eigenvalue weighted by Gasteiger charge is 2.54. The van der Waals surface area contributed by atoms with Crippen LogP contribution in [0, 0.1) is 0 Å². The van der Waals surface area contributed by atoms with E-state index in [4.69, 9.17) is 28.4 Å². The van der Waals surface area contributed by atoms with Gasteiger partial charge in [-0.2, -0.15) is 0 Å². The van der Waals surface area contributed by atoms with E-state index in [1.807, 2.05) is 6.08 Å². The number of nitrogens with one attached hydrogen (secondary N) is 1. The zero-order valence-electron chi connectivity index (χ0n) is 65.1. The van der Waals surface area contributed by atoms with E-state index in [1.165, 1.54) is 135 Å². The molecule has 0 bridgehead atoms. The molecule has 1 amide bonds. The summed E-state index contributed by atoms with van der Waals surface area (Å²) in [5, 5.41) is 121. The van der Waals surface area contributed by atoms with Crippen LogP contribution in [0.2, 0.25) is 0 Å². The third-order valence-corrected chi connectivity index (χ3v) is 19.7. The predicted octanol–water partition coefficient (Wildman–Crippen LogP) is 14.4. The van der Waals surface area contributed by atoms with Gasteiger partial charge < -0.3 is 89.9 Å². The maximum absolute atomic E-state index is 13.5. The summed E-state index contributed by atoms with van der Waals surface area (Å²) in [4.78, 5) is 13.5. The molecule has 106 heavy (non-hydrogen) atoms. The van der Waals surface area contributed by atoms with Gasteiger partial charge in [-0.3, -0.25) is 4.79 Å². The molecule has 17 atom stereocenters. The summed E-state index contributed by atoms with van der Waals surface area (Å²) in [6.07, 6.45) is 67.3. The normalized spacial score (nSPS) is 26.4. The zero-order valence-corrected chi connectivity index (χ0v) is 65.1. The molecule has 3 heterocycles. The molecular weight excluding hydrogens is 1350 g/mol. The van der Waals surface area contributed by atoms with Gasteiger partial charge in [0.05, 0.1) is 38.6 Å². The van der Waals surface area contributed by atoms with E-state index in [0.29, 0.717) is 12.8 Å². The average Bonchev–Trinajstić information content (AvgIpc) is 0.780. The van der Waals surface area contributed by atoms with Gasteiger partial charge in [-0.1, -0.05) is 295 Å². The van der Waals surface area contributed by atoms with Gasteiger partial charge >= 0.3 is 0 Å². The number of aliphatic hydroxyl groups excluding tert-OH is 11. The second-order valence-corrected chi connectivity index (χ2v) is 28.8. The van der Waals surface area contributed by atoms with E-state index in [0.717, 1.165) is 109 Å². The summed E-state index contributed by atoms with van der Waals surface area (Å²) < 4.78 is 34.4. The highest BCUT2D eigenvalue weighted by Crippen LogP contribution is 2.33. The Kier molecular flexibility index (Phi) is 59.5. The van der Waals surface area contributed by atoms with Crippen molar-refractivity contribution in [2.75, 3.05) is 26.4 Å². The lowest BCUT2D eigenvalue weighted by Crippen LogP contribution is -2.66. The molecule has 3 aliphatic heterocycles. The molecule has 0 aliphatic carbocycles. The minimum Gasteiger partial charge on any atom is -0.394 e. The average molecular weight is 1500 g/mol. The first kappa shape index (κ1) is 96.1. The second kappa shape index (κ2) is 65.6. The fourth-order valence-corrected chi connectivity index (χ4v) is 13.1. The lowest BCUT2D eigenvalue weighted by atomic mass is 9.96. The van der Waals surface area contributed by atoms with Gasteiger partial charge in [-0.05, 0) is 109 Å². The molecule has 0 aromatic rings. The Morgan fingerprint density at radius 2 is 0.660 bits per heavy atom. The number of rotatable bonds is 64. The van der Waals surface area contributed by atoms with Gasteiger partial charge in [0, 0.05) is 6.42 Å². The summed E-state index contributed by atoms with van der Waals surface area (Å²) in [7, 11) is 0. The van der Waals surface area contributed by atoms with Crippen LogP contribution < -0.4 is 5.32 Å². The van der Waals surface area contributed by atoms with E-state index in [-0.39, 0.29) is 18.9 Å². The second-order valence-electron chi connectivity index (χ2n) is 28.8. The Bertz CT molecular complexity index is 2440. The Labute approximate surface area is 639 Å². The van der Waals surface area contributed by atoms with Crippen molar-refractivity contribution >= 4 is 5.91 Å². The molecule has 19 heteroatoms. The van der Waals surface area contributed by atoms with Gasteiger partial charge in [0.25, 0.3) is 0 Å². The maximum atomic E-state index is 13.5. The Morgan fingerprint density at radius 1 is 0.349 bits per heavy atom. The first-order valence-corrected chi connectivity index (χ1v) is 41.4. The van der Waals surface area contributed by atoms with E-state index in [9.17, 15) is 61.0 Å². The molecule has 17 unspecified atom stereocenters. The first-order valence-electron chi connectivity index (χ1n) is 41.4. The first-order chi connectivity index (χ1) is 51.8. The highest BCUT2D eigenvalue weighted by molar-refractivity contribution is 5.76. The maximum Gasteiger partial charge on any atom is 0.220 e. The Hall–Kier alpha value is -4.07. The molecule has 12 N–H and O–H groups in total. The van der Waals surface area contributed by atoms with Crippen molar-refractivity contribution in [3.05, 3.63) is 134 Å². The number of hydrogen-bond acceptors (Lipinski definition) is 18. The van der Waals surface area contributed by atoms with Gasteiger partial charge in [0.1, 0.15) is 73.2 Å². The number of amides is 1. The van der Waals surface area contributed by atoms with Crippen LogP contribution in [0.1, 0.15) is 277 Å². The van der Waals surface area contributed by atoms with Crippen LogP contribution in [0.3, 0.4) is 0 Å². The van der Waals surface area contributed by atoms with Crippen molar-refractivity contribution in [1.82, 2.24) is 5.32 Å². The minimum atomic E-state index is -1.99. The molecule has 0 spiro atoms. The molecule has 19 nitrogen and oxygen atoms in total. The number of hydrogen-bond donors (Lipinski definition) is 12. The monoisotopic (exact) mass is 1490 g/mol. The number of carbonyl (C=O) groups excluding carboxylic acids is 1. The minimum absolute atomic E-state index is 0.226. The number of allylic oxidation sites excluding steroid dienone is 21. The van der Waals surface area contributed by atoms with E-state index in [2.05, 4.69) is 141 Å². The summed E-state index contributed by atoms with van der Waals surface area (Å²) in [6.45, 7) is 1.60. The molecular formula is C87H147NO18. The quantitative estimate of drug-likeness (QED) is 0.0199.